The molecule has 0 saturated heterocycles. The van der Waals surface area contributed by atoms with E-state index in [1.54, 1.807) is 6.92 Å². The molecule has 3 amide bonds. The molecule has 82 valence electrons. The van der Waals surface area contributed by atoms with Crippen LogP contribution in [0.2, 0.25) is 0 Å². The molecule has 0 radical (unpaired) electrons. The molecule has 0 unspecified atom stereocenters. The largest absolute Gasteiger partial charge is 0.481 e. The topological polar surface area (TPSA) is 95.5 Å². The highest BCUT2D eigenvalue weighted by Gasteiger charge is 2.08. The zero-order valence-electron chi connectivity index (χ0n) is 8.29. The minimum Gasteiger partial charge on any atom is -0.481 e. The summed E-state index contributed by atoms with van der Waals surface area (Å²) in [6, 6.07) is -0.673. The van der Waals surface area contributed by atoms with Gasteiger partial charge in [-0.25, -0.2) is 4.79 Å². The molecule has 3 N–H and O–H groups in total. The first-order chi connectivity index (χ1) is 7.06. The number of nitrogens with one attached hydrogen (secondary N) is 2. The number of hydrogen-bond acceptors (Lipinski definition) is 3. The lowest BCUT2D eigenvalue weighted by Crippen LogP contribution is -2.39. The number of carboxylic acids is 1. The van der Waals surface area contributed by atoms with Gasteiger partial charge in [0.25, 0.3) is 0 Å². The van der Waals surface area contributed by atoms with E-state index in [1.807, 2.05) is 5.32 Å². The summed E-state index contributed by atoms with van der Waals surface area (Å²) in [6.07, 6.45) is -0.518. The van der Waals surface area contributed by atoms with Crippen LogP contribution >= 0.6 is 0 Å². The van der Waals surface area contributed by atoms with Crippen LogP contribution in [0.25, 0.3) is 0 Å². The lowest BCUT2D eigenvalue weighted by molar-refractivity contribution is -0.138. The summed E-state index contributed by atoms with van der Waals surface area (Å²) in [4.78, 5) is 31.9. The Morgan fingerprint density at radius 1 is 1.27 bits per heavy atom. The lowest BCUT2D eigenvalue weighted by atomic mass is 10.3. The third-order valence-corrected chi connectivity index (χ3v) is 1.33. The smallest absolute Gasteiger partial charge is 0.322 e. The van der Waals surface area contributed by atoms with Crippen LogP contribution in [0, 0.1) is 11.8 Å². The van der Waals surface area contributed by atoms with Crippen molar-refractivity contribution in [2.24, 2.45) is 0 Å². The maximum atomic E-state index is 10.9. The maximum Gasteiger partial charge on any atom is 0.322 e. The monoisotopic (exact) mass is 212 g/mol. The Hall–Kier alpha value is -2.03. The number of aliphatic carboxylic acids is 1. The van der Waals surface area contributed by atoms with Gasteiger partial charge in [0.05, 0.1) is 13.0 Å². The molecule has 0 saturated carbocycles. The summed E-state index contributed by atoms with van der Waals surface area (Å²) in [7, 11) is 0. The number of carbonyl (C=O) groups is 3. The number of rotatable bonds is 4. The molecule has 0 atom stereocenters. The molecule has 6 heteroatoms. The van der Waals surface area contributed by atoms with E-state index in [4.69, 9.17) is 5.11 Å². The van der Waals surface area contributed by atoms with Crippen LogP contribution in [-0.4, -0.2) is 29.6 Å². The first kappa shape index (κ1) is 13.0. The highest BCUT2D eigenvalue weighted by molar-refractivity contribution is 5.95. The Morgan fingerprint density at radius 2 is 1.93 bits per heavy atom. The van der Waals surface area contributed by atoms with Crippen molar-refractivity contribution in [2.75, 3.05) is 6.54 Å². The van der Waals surface area contributed by atoms with Gasteiger partial charge in [0, 0.05) is 6.42 Å². The van der Waals surface area contributed by atoms with E-state index in [1.165, 1.54) is 0 Å². The van der Waals surface area contributed by atoms with E-state index in [2.05, 4.69) is 17.2 Å². The van der Waals surface area contributed by atoms with Gasteiger partial charge in [-0.1, -0.05) is 5.92 Å². The normalized spacial score (nSPS) is 8.33. The van der Waals surface area contributed by atoms with E-state index in [0.29, 0.717) is 0 Å². The molecule has 15 heavy (non-hydrogen) atoms. The first-order valence-corrected chi connectivity index (χ1v) is 4.25. The Labute approximate surface area is 87.0 Å². The average molecular weight is 212 g/mol. The quantitative estimate of drug-likeness (QED) is 0.557. The fraction of sp³-hybridized carbons (Fsp3) is 0.444. The minimum absolute atomic E-state index is 0.147. The number of imide groups is 1. The van der Waals surface area contributed by atoms with Crippen LogP contribution in [0.5, 0.6) is 0 Å². The van der Waals surface area contributed by atoms with Gasteiger partial charge in [-0.05, 0) is 6.92 Å². The van der Waals surface area contributed by atoms with Crippen molar-refractivity contribution < 1.29 is 19.5 Å². The zero-order chi connectivity index (χ0) is 11.7. The zero-order valence-corrected chi connectivity index (χ0v) is 8.29. The number of urea groups is 1. The van der Waals surface area contributed by atoms with Gasteiger partial charge in [-0.15, -0.1) is 5.92 Å². The first-order valence-electron chi connectivity index (χ1n) is 4.25. The lowest BCUT2D eigenvalue weighted by Gasteiger charge is -2.02. The van der Waals surface area contributed by atoms with E-state index >= 15 is 0 Å². The van der Waals surface area contributed by atoms with Crippen LogP contribution < -0.4 is 10.6 Å². The molecular formula is C9H12N2O4. The molecule has 0 heterocycles. The molecule has 0 rings (SSSR count). The van der Waals surface area contributed by atoms with Gasteiger partial charge >= 0.3 is 12.0 Å². The molecule has 0 aliphatic carbocycles. The summed E-state index contributed by atoms with van der Waals surface area (Å²) in [5.41, 5.74) is 0. The summed E-state index contributed by atoms with van der Waals surface area (Å²) in [5.74, 6) is 3.43. The van der Waals surface area contributed by atoms with Crippen LogP contribution in [-0.2, 0) is 9.59 Å². The number of carbonyl (C=O) groups excluding carboxylic acids is 2. The van der Waals surface area contributed by atoms with Crippen molar-refractivity contribution in [3.05, 3.63) is 0 Å². The summed E-state index contributed by atoms with van der Waals surface area (Å²) >= 11 is 0. The molecule has 0 bridgehead atoms. The number of hydrogen-bond donors (Lipinski definition) is 3. The molecule has 6 nitrogen and oxygen atoms in total. The predicted octanol–water partition coefficient (Wildman–Crippen LogP) is -0.300. The van der Waals surface area contributed by atoms with Crippen molar-refractivity contribution in [1.82, 2.24) is 10.6 Å². The van der Waals surface area contributed by atoms with E-state index < -0.39 is 17.9 Å². The van der Waals surface area contributed by atoms with Crippen molar-refractivity contribution in [1.29, 1.82) is 0 Å². The molecule has 0 aliphatic heterocycles. The van der Waals surface area contributed by atoms with Gasteiger partial charge < -0.3 is 10.4 Å². The summed E-state index contributed by atoms with van der Waals surface area (Å²) in [6.45, 7) is 1.77. The van der Waals surface area contributed by atoms with Crippen LogP contribution in [0.1, 0.15) is 19.8 Å². The molecule has 0 spiro atoms. The van der Waals surface area contributed by atoms with E-state index in [0.717, 1.165) is 0 Å². The minimum atomic E-state index is -1.08. The summed E-state index contributed by atoms with van der Waals surface area (Å²) < 4.78 is 0. The maximum absolute atomic E-state index is 10.9. The standard InChI is InChI=1S/C9H12N2O4/c1-2-3-6-10-9(15)11-7(12)4-5-8(13)14/h4-6H2,1H3,(H,13,14)(H2,10,11,12,15). The Kier molecular flexibility index (Phi) is 6.38. The van der Waals surface area contributed by atoms with Crippen molar-refractivity contribution >= 4 is 17.9 Å². The molecule has 0 aromatic carbocycles. The fourth-order valence-corrected chi connectivity index (χ4v) is 0.667. The Morgan fingerprint density at radius 3 is 2.47 bits per heavy atom. The second-order valence-corrected chi connectivity index (χ2v) is 2.55. The van der Waals surface area contributed by atoms with Crippen LogP contribution in [0.3, 0.4) is 0 Å². The van der Waals surface area contributed by atoms with Gasteiger partial charge in [-0.2, -0.15) is 0 Å². The van der Waals surface area contributed by atoms with Gasteiger partial charge in [-0.3, -0.25) is 14.9 Å². The van der Waals surface area contributed by atoms with Gasteiger partial charge in [0.2, 0.25) is 5.91 Å². The van der Waals surface area contributed by atoms with Crippen LogP contribution in [0.4, 0.5) is 4.79 Å². The second-order valence-electron chi connectivity index (χ2n) is 2.55. The van der Waals surface area contributed by atoms with Crippen molar-refractivity contribution in [2.45, 2.75) is 19.8 Å². The predicted molar refractivity (Wildman–Crippen MR) is 51.9 cm³/mol. The molecule has 0 aliphatic rings. The molecule has 0 fully saturated rings. The van der Waals surface area contributed by atoms with E-state index in [-0.39, 0.29) is 19.4 Å². The third kappa shape index (κ3) is 8.30. The van der Waals surface area contributed by atoms with Crippen molar-refractivity contribution in [3.63, 3.8) is 0 Å². The molecular weight excluding hydrogens is 200 g/mol. The SMILES string of the molecule is CC#CCNC(=O)NC(=O)CCC(=O)O. The highest BCUT2D eigenvalue weighted by Crippen LogP contribution is 1.87. The van der Waals surface area contributed by atoms with Crippen LogP contribution in [0.15, 0.2) is 0 Å². The molecule has 0 aromatic heterocycles. The fourth-order valence-electron chi connectivity index (χ4n) is 0.667. The third-order valence-electron chi connectivity index (χ3n) is 1.33. The average Bonchev–Trinajstić information content (AvgIpc) is 2.15. The van der Waals surface area contributed by atoms with Gasteiger partial charge in [0.1, 0.15) is 0 Å². The van der Waals surface area contributed by atoms with Crippen molar-refractivity contribution in [3.8, 4) is 11.8 Å². The second kappa shape index (κ2) is 7.38. The Bertz CT molecular complexity index is 314. The van der Waals surface area contributed by atoms with Gasteiger partial charge in [0.15, 0.2) is 0 Å². The number of carboxylic acid groups (broad SMARTS) is 1. The Balaban J connectivity index is 3.70. The van der Waals surface area contributed by atoms with E-state index in [9.17, 15) is 14.4 Å². The molecule has 0 aromatic rings. The number of amides is 3. The summed E-state index contributed by atoms with van der Waals surface area (Å²) in [5, 5.41) is 12.6. The highest BCUT2D eigenvalue weighted by atomic mass is 16.4.